The summed E-state index contributed by atoms with van der Waals surface area (Å²) >= 11 is 0. The fourth-order valence-electron chi connectivity index (χ4n) is 2.40. The molecular weight excluding hydrogens is 188 g/mol. The van der Waals surface area contributed by atoms with E-state index in [1.54, 1.807) is 0 Å². The highest BCUT2D eigenvalue weighted by Crippen LogP contribution is 2.20. The van der Waals surface area contributed by atoms with Gasteiger partial charge in [-0.2, -0.15) is 0 Å². The van der Waals surface area contributed by atoms with E-state index in [1.165, 1.54) is 25.7 Å². The van der Waals surface area contributed by atoms with Crippen LogP contribution in [0.2, 0.25) is 0 Å². The first-order valence-corrected chi connectivity index (χ1v) is 6.28. The van der Waals surface area contributed by atoms with E-state index in [4.69, 9.17) is 4.74 Å². The van der Waals surface area contributed by atoms with Crippen LogP contribution in [0.3, 0.4) is 0 Å². The normalized spacial score (nSPS) is 27.5. The molecule has 2 aliphatic rings. The first-order chi connectivity index (χ1) is 7.38. The highest BCUT2D eigenvalue weighted by Gasteiger charge is 2.22. The molecule has 2 heterocycles. The molecule has 0 aliphatic carbocycles. The van der Waals surface area contributed by atoms with Gasteiger partial charge in [0.25, 0.3) is 0 Å². The summed E-state index contributed by atoms with van der Waals surface area (Å²) in [6.45, 7) is 5.36. The molecule has 15 heavy (non-hydrogen) atoms. The third-order valence-electron chi connectivity index (χ3n) is 3.31. The van der Waals surface area contributed by atoms with Crippen LogP contribution in [-0.2, 0) is 4.74 Å². The molecule has 3 heteroatoms. The van der Waals surface area contributed by atoms with E-state index < -0.39 is 0 Å². The second kappa shape index (κ2) is 5.50. The molecule has 1 atom stereocenters. The van der Waals surface area contributed by atoms with E-state index in [0.29, 0.717) is 6.04 Å². The van der Waals surface area contributed by atoms with Crippen LogP contribution in [0.15, 0.2) is 4.99 Å². The van der Waals surface area contributed by atoms with Crippen molar-refractivity contribution in [3.63, 3.8) is 0 Å². The Morgan fingerprint density at radius 1 is 1.40 bits per heavy atom. The first-order valence-electron chi connectivity index (χ1n) is 6.28. The lowest BCUT2D eigenvalue weighted by Crippen LogP contribution is -2.28. The van der Waals surface area contributed by atoms with Crippen LogP contribution in [0.1, 0.15) is 39.0 Å². The predicted molar refractivity (Wildman–Crippen MR) is 62.3 cm³/mol. The quantitative estimate of drug-likeness (QED) is 0.769. The van der Waals surface area contributed by atoms with Gasteiger partial charge in [0.1, 0.15) is 6.61 Å². The number of hydrogen-bond acceptors (Lipinski definition) is 3. The van der Waals surface area contributed by atoms with Crippen molar-refractivity contribution < 1.29 is 4.74 Å². The van der Waals surface area contributed by atoms with Crippen LogP contribution in [0.5, 0.6) is 0 Å². The molecule has 1 N–H and O–H groups in total. The van der Waals surface area contributed by atoms with Gasteiger partial charge >= 0.3 is 0 Å². The SMILES string of the molecule is CCCC1COC(CC2CCNCC2)=N1. The van der Waals surface area contributed by atoms with E-state index in [1.807, 2.05) is 0 Å². The molecule has 2 rings (SSSR count). The Kier molecular flexibility index (Phi) is 4.01. The third kappa shape index (κ3) is 3.20. The van der Waals surface area contributed by atoms with Crippen molar-refractivity contribution in [3.8, 4) is 0 Å². The van der Waals surface area contributed by atoms with Gasteiger partial charge in [-0.25, -0.2) is 4.99 Å². The van der Waals surface area contributed by atoms with Crippen LogP contribution in [0, 0.1) is 5.92 Å². The molecule has 0 amide bonds. The van der Waals surface area contributed by atoms with Crippen molar-refractivity contribution in [2.45, 2.75) is 45.1 Å². The van der Waals surface area contributed by atoms with Crippen LogP contribution >= 0.6 is 0 Å². The molecular formula is C12H22N2O. The minimum atomic E-state index is 0.451. The summed E-state index contributed by atoms with van der Waals surface area (Å²) in [4.78, 5) is 4.65. The largest absolute Gasteiger partial charge is 0.479 e. The Morgan fingerprint density at radius 2 is 2.20 bits per heavy atom. The highest BCUT2D eigenvalue weighted by atomic mass is 16.5. The van der Waals surface area contributed by atoms with Gasteiger partial charge in [-0.1, -0.05) is 13.3 Å². The number of piperidine rings is 1. The summed E-state index contributed by atoms with van der Waals surface area (Å²) in [5.74, 6) is 1.82. The third-order valence-corrected chi connectivity index (χ3v) is 3.31. The maximum absolute atomic E-state index is 5.65. The van der Waals surface area contributed by atoms with Crippen molar-refractivity contribution in [1.82, 2.24) is 5.32 Å². The average molecular weight is 210 g/mol. The standard InChI is InChI=1S/C12H22N2O/c1-2-3-11-9-15-12(14-11)8-10-4-6-13-7-5-10/h10-11,13H,2-9H2,1H3. The molecule has 1 saturated heterocycles. The fraction of sp³-hybridized carbons (Fsp3) is 0.917. The van der Waals surface area contributed by atoms with E-state index in [2.05, 4.69) is 17.2 Å². The minimum absolute atomic E-state index is 0.451. The Balaban J connectivity index is 1.76. The molecule has 1 unspecified atom stereocenters. The van der Waals surface area contributed by atoms with Gasteiger partial charge in [0, 0.05) is 6.42 Å². The molecule has 0 saturated carbocycles. The Bertz CT molecular complexity index is 222. The molecule has 1 fully saturated rings. The van der Waals surface area contributed by atoms with E-state index in [9.17, 15) is 0 Å². The van der Waals surface area contributed by atoms with Gasteiger partial charge in [0.2, 0.25) is 0 Å². The van der Waals surface area contributed by atoms with Gasteiger partial charge in [0.15, 0.2) is 5.90 Å². The molecule has 3 nitrogen and oxygen atoms in total. The van der Waals surface area contributed by atoms with Crippen molar-refractivity contribution in [2.75, 3.05) is 19.7 Å². The fourth-order valence-corrected chi connectivity index (χ4v) is 2.40. The Hall–Kier alpha value is -0.570. The summed E-state index contributed by atoms with van der Waals surface area (Å²) in [5.41, 5.74) is 0. The molecule has 86 valence electrons. The van der Waals surface area contributed by atoms with Gasteiger partial charge in [0.05, 0.1) is 6.04 Å². The number of nitrogens with one attached hydrogen (secondary N) is 1. The summed E-state index contributed by atoms with van der Waals surface area (Å²) in [7, 11) is 0. The lowest BCUT2D eigenvalue weighted by atomic mass is 9.95. The monoisotopic (exact) mass is 210 g/mol. The van der Waals surface area contributed by atoms with Crippen LogP contribution in [0.4, 0.5) is 0 Å². The lowest BCUT2D eigenvalue weighted by molar-refractivity contribution is 0.289. The topological polar surface area (TPSA) is 33.6 Å². The zero-order chi connectivity index (χ0) is 10.5. The molecule has 2 aliphatic heterocycles. The van der Waals surface area contributed by atoms with Gasteiger partial charge in [-0.05, 0) is 38.3 Å². The molecule has 0 bridgehead atoms. The molecule has 0 radical (unpaired) electrons. The zero-order valence-corrected chi connectivity index (χ0v) is 9.67. The number of ether oxygens (including phenoxy) is 1. The zero-order valence-electron chi connectivity index (χ0n) is 9.67. The minimum Gasteiger partial charge on any atom is -0.479 e. The van der Waals surface area contributed by atoms with Crippen molar-refractivity contribution in [3.05, 3.63) is 0 Å². The van der Waals surface area contributed by atoms with E-state index in [-0.39, 0.29) is 0 Å². The number of aliphatic imine (C=N–C) groups is 1. The van der Waals surface area contributed by atoms with Gasteiger partial charge < -0.3 is 10.1 Å². The summed E-state index contributed by atoms with van der Waals surface area (Å²) < 4.78 is 5.65. The summed E-state index contributed by atoms with van der Waals surface area (Å²) in [6.07, 6.45) is 6.01. The predicted octanol–water partition coefficient (Wildman–Crippen LogP) is 1.97. The number of hydrogen-bond donors (Lipinski definition) is 1. The molecule has 0 aromatic carbocycles. The highest BCUT2D eigenvalue weighted by molar-refractivity contribution is 5.77. The van der Waals surface area contributed by atoms with Crippen LogP contribution in [0.25, 0.3) is 0 Å². The maximum Gasteiger partial charge on any atom is 0.183 e. The lowest BCUT2D eigenvalue weighted by Gasteiger charge is -2.21. The maximum atomic E-state index is 5.65. The van der Waals surface area contributed by atoms with E-state index >= 15 is 0 Å². The average Bonchev–Trinajstić information content (AvgIpc) is 2.68. The molecule has 0 spiro atoms. The Labute approximate surface area is 92.3 Å². The van der Waals surface area contributed by atoms with Gasteiger partial charge in [-0.15, -0.1) is 0 Å². The van der Waals surface area contributed by atoms with Crippen LogP contribution < -0.4 is 5.32 Å². The second-order valence-electron chi connectivity index (χ2n) is 4.67. The number of rotatable bonds is 4. The number of nitrogens with zero attached hydrogens (tertiary/aromatic N) is 1. The Morgan fingerprint density at radius 3 is 2.93 bits per heavy atom. The first kappa shape index (κ1) is 10.9. The van der Waals surface area contributed by atoms with Crippen LogP contribution in [-0.4, -0.2) is 31.6 Å². The summed E-state index contributed by atoms with van der Waals surface area (Å²) in [6, 6.07) is 0.451. The van der Waals surface area contributed by atoms with E-state index in [0.717, 1.165) is 37.9 Å². The van der Waals surface area contributed by atoms with Crippen molar-refractivity contribution in [2.24, 2.45) is 10.9 Å². The smallest absolute Gasteiger partial charge is 0.183 e. The van der Waals surface area contributed by atoms with Gasteiger partial charge in [-0.3, -0.25) is 0 Å². The molecule has 0 aromatic heterocycles. The summed E-state index contributed by atoms with van der Waals surface area (Å²) in [5, 5.41) is 3.39. The molecule has 0 aromatic rings. The van der Waals surface area contributed by atoms with Crippen molar-refractivity contribution in [1.29, 1.82) is 0 Å². The van der Waals surface area contributed by atoms with Crippen molar-refractivity contribution >= 4 is 5.90 Å². The second-order valence-corrected chi connectivity index (χ2v) is 4.67.